The van der Waals surface area contributed by atoms with Gasteiger partial charge in [-0.25, -0.2) is 18.1 Å². The number of phenolic OH excluding ortho intramolecular Hbond substituents is 1. The molecule has 2 saturated heterocycles. The molecule has 12 heteroatoms. The molecule has 0 spiro atoms. The van der Waals surface area contributed by atoms with Crippen LogP contribution in [-0.2, 0) is 6.54 Å². The Hall–Kier alpha value is -5.10. The van der Waals surface area contributed by atoms with Crippen molar-refractivity contribution in [2.75, 3.05) is 25.0 Å². The van der Waals surface area contributed by atoms with E-state index in [1.165, 1.54) is 18.2 Å². The second-order valence-electron chi connectivity index (χ2n) is 12.2. The maximum atomic E-state index is 15.2. The number of aromatic nitrogens is 4. The van der Waals surface area contributed by atoms with Crippen LogP contribution in [0.15, 0.2) is 70.0 Å². The molecule has 8 rings (SSSR count). The number of benzene rings is 2. The number of aromatic hydroxyl groups is 1. The van der Waals surface area contributed by atoms with Crippen LogP contribution in [0.3, 0.4) is 0 Å². The molecule has 46 heavy (non-hydrogen) atoms. The normalized spacial score (nSPS) is 19.8. The fraction of sp³-hybridized carbons (Fsp3) is 0.294. The van der Waals surface area contributed by atoms with Gasteiger partial charge in [0.25, 0.3) is 0 Å². The van der Waals surface area contributed by atoms with Crippen molar-refractivity contribution in [2.45, 2.75) is 44.4 Å². The van der Waals surface area contributed by atoms with Gasteiger partial charge in [0, 0.05) is 35.7 Å². The van der Waals surface area contributed by atoms with Crippen molar-refractivity contribution in [2.24, 2.45) is 0 Å². The summed E-state index contributed by atoms with van der Waals surface area (Å²) in [6.45, 7) is 3.36. The molecule has 0 unspecified atom stereocenters. The molecule has 6 aromatic rings. The molecule has 2 fully saturated rings. The molecule has 2 atom stereocenters. The van der Waals surface area contributed by atoms with Crippen molar-refractivity contribution in [1.82, 2.24) is 24.5 Å². The van der Waals surface area contributed by atoms with Gasteiger partial charge in [0.15, 0.2) is 0 Å². The van der Waals surface area contributed by atoms with E-state index in [0.29, 0.717) is 23.9 Å². The molecule has 234 valence electrons. The van der Waals surface area contributed by atoms with Gasteiger partial charge in [-0.05, 0) is 68.1 Å². The van der Waals surface area contributed by atoms with E-state index in [1.54, 1.807) is 29.8 Å². The number of pyridine rings is 1. The van der Waals surface area contributed by atoms with Gasteiger partial charge in [0.05, 0.1) is 28.8 Å². The Kier molecular flexibility index (Phi) is 6.64. The molecule has 10 nitrogen and oxygen atoms in total. The predicted octanol–water partition coefficient (Wildman–Crippen LogP) is 5.77. The van der Waals surface area contributed by atoms with E-state index < -0.39 is 23.2 Å². The number of anilines is 1. The lowest BCUT2D eigenvalue weighted by Crippen LogP contribution is -2.43. The molecule has 2 N–H and O–H groups in total. The minimum atomic E-state index is -0.921. The molecule has 6 heterocycles. The second-order valence-corrected chi connectivity index (χ2v) is 12.2. The molecule has 2 aliphatic rings. The third-order valence-electron chi connectivity index (χ3n) is 9.31. The van der Waals surface area contributed by atoms with E-state index in [2.05, 4.69) is 25.3 Å². The summed E-state index contributed by atoms with van der Waals surface area (Å²) in [5.41, 5.74) is 1.44. The first-order chi connectivity index (χ1) is 22.3. The van der Waals surface area contributed by atoms with Crippen molar-refractivity contribution < 1.29 is 23.0 Å². The van der Waals surface area contributed by atoms with Crippen LogP contribution in [-0.4, -0.2) is 61.0 Å². The van der Waals surface area contributed by atoms with Gasteiger partial charge in [-0.1, -0.05) is 18.2 Å². The molecule has 0 radical (unpaired) electrons. The highest BCUT2D eigenvalue weighted by molar-refractivity contribution is 6.00. The first-order valence-corrected chi connectivity index (χ1v) is 15.2. The summed E-state index contributed by atoms with van der Waals surface area (Å²) >= 11 is 0. The smallest absolute Gasteiger partial charge is 0.349 e. The summed E-state index contributed by atoms with van der Waals surface area (Å²) in [6.07, 6.45) is 2.93. The number of nitrogens with one attached hydrogen (secondary N) is 1. The highest BCUT2D eigenvalue weighted by Gasteiger charge is 2.49. The van der Waals surface area contributed by atoms with Gasteiger partial charge in [0.1, 0.15) is 41.3 Å². The van der Waals surface area contributed by atoms with E-state index in [4.69, 9.17) is 9.15 Å². The number of rotatable bonds is 7. The number of phenols is 1. The lowest BCUT2D eigenvalue weighted by atomic mass is 9.95. The Morgan fingerprint density at radius 2 is 2.02 bits per heavy atom. The largest absolute Gasteiger partial charge is 0.508 e. The van der Waals surface area contributed by atoms with Crippen molar-refractivity contribution in [3.05, 3.63) is 88.3 Å². The average molecular weight is 625 g/mol. The Morgan fingerprint density at radius 1 is 1.15 bits per heavy atom. The topological polar surface area (TPSA) is 118 Å². The van der Waals surface area contributed by atoms with Crippen LogP contribution in [0.1, 0.15) is 30.5 Å². The van der Waals surface area contributed by atoms with Gasteiger partial charge in [-0.2, -0.15) is 15.1 Å². The third-order valence-corrected chi connectivity index (χ3v) is 9.31. The Balaban J connectivity index is 1.26. The fourth-order valence-electron chi connectivity index (χ4n) is 7.19. The van der Waals surface area contributed by atoms with Crippen LogP contribution < -0.4 is 15.7 Å². The number of aryl methyl sites for hydroxylation is 1. The van der Waals surface area contributed by atoms with Crippen LogP contribution in [0.5, 0.6) is 11.8 Å². The molecule has 0 saturated carbocycles. The number of ether oxygens (including phenoxy) is 1. The monoisotopic (exact) mass is 624 g/mol. The predicted molar refractivity (Wildman–Crippen MR) is 168 cm³/mol. The van der Waals surface area contributed by atoms with Crippen LogP contribution in [0.4, 0.5) is 14.6 Å². The number of nitrogens with zero attached hydrogens (tertiary/aromatic N) is 5. The molecule has 0 aliphatic carbocycles. The summed E-state index contributed by atoms with van der Waals surface area (Å²) in [4.78, 5) is 25.2. The summed E-state index contributed by atoms with van der Waals surface area (Å²) in [5, 5.41) is 18.9. The van der Waals surface area contributed by atoms with Crippen LogP contribution in [0.25, 0.3) is 38.5 Å². The first-order valence-electron chi connectivity index (χ1n) is 15.2. The quantitative estimate of drug-likeness (QED) is 0.228. The third kappa shape index (κ3) is 4.63. The van der Waals surface area contributed by atoms with Gasteiger partial charge in [-0.15, -0.1) is 0 Å². The standard InChI is InChI=1S/C34H30F2N6O4/c1-19-29-28(32(44)46-30(19)25-14-24(43)13-20-5-2-8-26(36)27(20)25)31(37-16-23-7-3-6-22-9-11-38-42(22)23)40-33(39-29)45-18-34-10-4-12-41(34)17-21(35)15-34/h2-3,5-9,11,13-14,21,43H,4,10,12,15-18H2,1H3,(H,37,39,40)/t21-,34+/m1/s1. The molecule has 0 bridgehead atoms. The number of alkyl halides is 1. The number of hydrogen-bond donors (Lipinski definition) is 2. The molecule has 0 amide bonds. The molecule has 2 aromatic carbocycles. The van der Waals surface area contributed by atoms with Gasteiger partial charge >= 0.3 is 11.6 Å². The summed E-state index contributed by atoms with van der Waals surface area (Å²) in [6, 6.07) is 15.0. The maximum Gasteiger partial charge on any atom is 0.349 e. The zero-order chi connectivity index (χ0) is 31.6. The molecular weight excluding hydrogens is 594 g/mol. The van der Waals surface area contributed by atoms with E-state index in [-0.39, 0.29) is 58.3 Å². The van der Waals surface area contributed by atoms with Gasteiger partial charge in [-0.3, -0.25) is 4.90 Å². The summed E-state index contributed by atoms with van der Waals surface area (Å²) < 4.78 is 43.5. The zero-order valence-corrected chi connectivity index (χ0v) is 25.0. The van der Waals surface area contributed by atoms with Crippen molar-refractivity contribution in [3.63, 3.8) is 0 Å². The van der Waals surface area contributed by atoms with Crippen LogP contribution in [0.2, 0.25) is 0 Å². The van der Waals surface area contributed by atoms with E-state index in [9.17, 15) is 14.3 Å². The number of halogens is 2. The SMILES string of the molecule is Cc1c(-c2cc(O)cc3cccc(F)c23)oc(=O)c2c(NCc3cccc4ccnn34)nc(OC[C@@]34CCCN3C[C@H](F)C4)nc12. The van der Waals surface area contributed by atoms with E-state index in [0.717, 1.165) is 30.6 Å². The highest BCUT2D eigenvalue weighted by Crippen LogP contribution is 2.41. The average Bonchev–Trinajstić information content (AvgIpc) is 3.74. The minimum absolute atomic E-state index is 0.0161. The van der Waals surface area contributed by atoms with Crippen LogP contribution >= 0.6 is 0 Å². The summed E-state index contributed by atoms with van der Waals surface area (Å²) in [7, 11) is 0. The Morgan fingerprint density at radius 3 is 2.91 bits per heavy atom. The van der Waals surface area contributed by atoms with Crippen LogP contribution in [0, 0.1) is 12.7 Å². The fourth-order valence-corrected chi connectivity index (χ4v) is 7.19. The lowest BCUT2D eigenvalue weighted by Gasteiger charge is -2.30. The Labute approximate surface area is 261 Å². The van der Waals surface area contributed by atoms with E-state index in [1.807, 2.05) is 24.3 Å². The van der Waals surface area contributed by atoms with Crippen molar-refractivity contribution in [3.8, 4) is 23.1 Å². The maximum absolute atomic E-state index is 15.2. The zero-order valence-electron chi connectivity index (χ0n) is 25.0. The molecular formula is C34H30F2N6O4. The van der Waals surface area contributed by atoms with Crippen molar-refractivity contribution in [1.29, 1.82) is 0 Å². The van der Waals surface area contributed by atoms with Crippen molar-refractivity contribution >= 4 is 33.0 Å². The first kappa shape index (κ1) is 28.4. The highest BCUT2D eigenvalue weighted by atomic mass is 19.1. The number of fused-ring (bicyclic) bond motifs is 4. The Bertz CT molecular complexity index is 2220. The molecule has 4 aromatic heterocycles. The minimum Gasteiger partial charge on any atom is -0.508 e. The second kappa shape index (κ2) is 10.8. The molecule has 2 aliphatic heterocycles. The van der Waals surface area contributed by atoms with Gasteiger partial charge < -0.3 is 19.6 Å². The van der Waals surface area contributed by atoms with Gasteiger partial charge in [0.2, 0.25) is 0 Å². The van der Waals surface area contributed by atoms with E-state index >= 15 is 4.39 Å². The lowest BCUT2D eigenvalue weighted by molar-refractivity contribution is 0.107. The number of hydrogen-bond acceptors (Lipinski definition) is 9. The summed E-state index contributed by atoms with van der Waals surface area (Å²) in [5.74, 6) is -0.382.